The molecule has 8 heteroatoms. The van der Waals surface area contributed by atoms with Crippen molar-refractivity contribution in [1.29, 1.82) is 0 Å². The molecule has 0 atom stereocenters. The molecule has 0 N–H and O–H groups in total. The highest BCUT2D eigenvalue weighted by Gasteiger charge is 2.25. The number of benzene rings is 2. The maximum Gasteiger partial charge on any atom is 0.350 e. The third-order valence-corrected chi connectivity index (χ3v) is 6.44. The third-order valence-electron chi connectivity index (χ3n) is 4.48. The molecule has 0 aliphatic rings. The van der Waals surface area contributed by atoms with Crippen LogP contribution in [-0.4, -0.2) is 28.5 Å². The Labute approximate surface area is 181 Å². The zero-order valence-corrected chi connectivity index (χ0v) is 18.1. The van der Waals surface area contributed by atoms with Crippen LogP contribution in [0.15, 0.2) is 54.0 Å². The second kappa shape index (κ2) is 8.73. The minimum absolute atomic E-state index is 0.182. The molecule has 4 aromatic rings. The molecule has 2 aromatic carbocycles. The molecule has 4 rings (SSSR count). The van der Waals surface area contributed by atoms with Gasteiger partial charge in [-0.05, 0) is 37.6 Å². The summed E-state index contributed by atoms with van der Waals surface area (Å²) in [5.41, 5.74) is 4.69. The molecule has 152 valence electrons. The molecule has 1 amide bonds. The summed E-state index contributed by atoms with van der Waals surface area (Å²) in [5, 5.41) is 0.466. The van der Waals surface area contributed by atoms with Crippen LogP contribution in [0.25, 0.3) is 10.2 Å². The number of hydrogen-bond acceptors (Lipinski definition) is 7. The standard InChI is InChI=1S/C22H19N3O3S2/c1-3-28-21(27)19-14(2)24-22(30-19)25(12-15-7-5-4-6-8-15)20(26)16-9-10-17-18(11-16)29-13-23-17/h4-11,13H,3,12H2,1-2H3. The monoisotopic (exact) mass is 437 g/mol. The number of anilines is 1. The second-order valence-electron chi connectivity index (χ2n) is 6.54. The number of carbonyl (C=O) groups excluding carboxylic acids is 2. The summed E-state index contributed by atoms with van der Waals surface area (Å²) in [6.45, 7) is 4.14. The van der Waals surface area contributed by atoms with E-state index < -0.39 is 5.97 Å². The number of nitrogens with zero attached hydrogens (tertiary/aromatic N) is 3. The van der Waals surface area contributed by atoms with E-state index in [1.54, 1.807) is 30.3 Å². The highest BCUT2D eigenvalue weighted by atomic mass is 32.1. The van der Waals surface area contributed by atoms with E-state index in [9.17, 15) is 9.59 Å². The lowest BCUT2D eigenvalue weighted by Crippen LogP contribution is -2.30. The highest BCUT2D eigenvalue weighted by Crippen LogP contribution is 2.30. The summed E-state index contributed by atoms with van der Waals surface area (Å²) in [5.74, 6) is -0.602. The fraction of sp³-hybridized carbons (Fsp3) is 0.182. The average Bonchev–Trinajstić information content (AvgIpc) is 3.38. The minimum atomic E-state index is -0.420. The number of thiazole rings is 2. The molecule has 0 aliphatic heterocycles. The first kappa shape index (κ1) is 20.2. The van der Waals surface area contributed by atoms with Crippen molar-refractivity contribution in [3.05, 3.63) is 75.7 Å². The molecule has 0 saturated heterocycles. The fourth-order valence-electron chi connectivity index (χ4n) is 3.02. The molecular weight excluding hydrogens is 418 g/mol. The summed E-state index contributed by atoms with van der Waals surface area (Å²) in [6.07, 6.45) is 0. The molecular formula is C22H19N3O3S2. The van der Waals surface area contributed by atoms with Gasteiger partial charge in [0.1, 0.15) is 4.88 Å². The van der Waals surface area contributed by atoms with Gasteiger partial charge in [0.15, 0.2) is 5.13 Å². The van der Waals surface area contributed by atoms with Crippen LogP contribution in [0.1, 0.15) is 38.2 Å². The maximum atomic E-state index is 13.5. The molecule has 0 bridgehead atoms. The van der Waals surface area contributed by atoms with Crippen LogP contribution in [-0.2, 0) is 11.3 Å². The van der Waals surface area contributed by atoms with Gasteiger partial charge in [-0.15, -0.1) is 11.3 Å². The van der Waals surface area contributed by atoms with Gasteiger partial charge in [-0.2, -0.15) is 0 Å². The lowest BCUT2D eigenvalue weighted by Gasteiger charge is -2.20. The van der Waals surface area contributed by atoms with Crippen molar-refractivity contribution in [3.8, 4) is 0 Å². The summed E-state index contributed by atoms with van der Waals surface area (Å²) >= 11 is 2.66. The van der Waals surface area contributed by atoms with Gasteiger partial charge in [0, 0.05) is 5.56 Å². The molecule has 0 radical (unpaired) electrons. The van der Waals surface area contributed by atoms with Crippen molar-refractivity contribution in [2.45, 2.75) is 20.4 Å². The first-order valence-corrected chi connectivity index (χ1v) is 11.1. The van der Waals surface area contributed by atoms with Gasteiger partial charge < -0.3 is 4.74 Å². The van der Waals surface area contributed by atoms with Crippen LogP contribution < -0.4 is 4.90 Å². The fourth-order valence-corrected chi connectivity index (χ4v) is 4.69. The normalized spacial score (nSPS) is 10.9. The van der Waals surface area contributed by atoms with Crippen LogP contribution in [0, 0.1) is 6.92 Å². The molecule has 0 aliphatic carbocycles. The van der Waals surface area contributed by atoms with Crippen LogP contribution in [0.5, 0.6) is 0 Å². The van der Waals surface area contributed by atoms with E-state index in [0.29, 0.717) is 27.8 Å². The van der Waals surface area contributed by atoms with Gasteiger partial charge in [0.2, 0.25) is 0 Å². The van der Waals surface area contributed by atoms with E-state index in [4.69, 9.17) is 4.74 Å². The quantitative estimate of drug-likeness (QED) is 0.393. The van der Waals surface area contributed by atoms with E-state index in [1.807, 2.05) is 42.5 Å². The zero-order valence-electron chi connectivity index (χ0n) is 16.5. The predicted octanol–water partition coefficient (Wildman–Crippen LogP) is 5.08. The van der Waals surface area contributed by atoms with E-state index in [0.717, 1.165) is 15.8 Å². The lowest BCUT2D eigenvalue weighted by molar-refractivity contribution is 0.0531. The first-order chi connectivity index (χ1) is 14.6. The number of amides is 1. The maximum absolute atomic E-state index is 13.5. The second-order valence-corrected chi connectivity index (χ2v) is 8.41. The smallest absolute Gasteiger partial charge is 0.350 e. The van der Waals surface area contributed by atoms with Crippen molar-refractivity contribution in [2.75, 3.05) is 11.5 Å². The molecule has 0 spiro atoms. The predicted molar refractivity (Wildman–Crippen MR) is 119 cm³/mol. The number of aryl methyl sites for hydroxylation is 1. The molecule has 0 unspecified atom stereocenters. The Morgan fingerprint density at radius 2 is 1.93 bits per heavy atom. The Balaban J connectivity index is 1.73. The molecule has 2 heterocycles. The van der Waals surface area contributed by atoms with Gasteiger partial charge in [-0.25, -0.2) is 14.8 Å². The van der Waals surface area contributed by atoms with Crippen LogP contribution >= 0.6 is 22.7 Å². The number of esters is 1. The molecule has 0 saturated carbocycles. The number of fused-ring (bicyclic) bond motifs is 1. The largest absolute Gasteiger partial charge is 0.462 e. The van der Waals surface area contributed by atoms with Gasteiger partial charge in [-0.1, -0.05) is 41.7 Å². The lowest BCUT2D eigenvalue weighted by atomic mass is 10.1. The Hall–Kier alpha value is -3.10. The molecule has 6 nitrogen and oxygen atoms in total. The minimum Gasteiger partial charge on any atom is -0.462 e. The van der Waals surface area contributed by atoms with E-state index in [1.165, 1.54) is 22.7 Å². The Kier molecular flexibility index (Phi) is 5.87. The van der Waals surface area contributed by atoms with Crippen molar-refractivity contribution < 1.29 is 14.3 Å². The van der Waals surface area contributed by atoms with Crippen molar-refractivity contribution in [2.24, 2.45) is 0 Å². The number of hydrogen-bond donors (Lipinski definition) is 0. The zero-order chi connectivity index (χ0) is 21.1. The van der Waals surface area contributed by atoms with E-state index >= 15 is 0 Å². The third kappa shape index (κ3) is 4.10. The van der Waals surface area contributed by atoms with Crippen molar-refractivity contribution >= 4 is 49.9 Å². The number of rotatable bonds is 6. The van der Waals surface area contributed by atoms with Crippen LogP contribution in [0.2, 0.25) is 0 Å². The highest BCUT2D eigenvalue weighted by molar-refractivity contribution is 7.17. The average molecular weight is 438 g/mol. The van der Waals surface area contributed by atoms with Crippen molar-refractivity contribution in [1.82, 2.24) is 9.97 Å². The number of carbonyl (C=O) groups is 2. The summed E-state index contributed by atoms with van der Waals surface area (Å²) in [7, 11) is 0. The first-order valence-electron chi connectivity index (χ1n) is 9.40. The molecule has 0 fully saturated rings. The van der Waals surface area contributed by atoms with Gasteiger partial charge in [0.05, 0.1) is 34.6 Å². The number of ether oxygens (including phenoxy) is 1. The van der Waals surface area contributed by atoms with E-state index in [-0.39, 0.29) is 12.5 Å². The van der Waals surface area contributed by atoms with E-state index in [2.05, 4.69) is 9.97 Å². The molecule has 2 aromatic heterocycles. The number of aromatic nitrogens is 2. The van der Waals surface area contributed by atoms with Crippen molar-refractivity contribution in [3.63, 3.8) is 0 Å². The SMILES string of the molecule is CCOC(=O)c1sc(N(Cc2ccccc2)C(=O)c2ccc3ncsc3c2)nc1C. The Morgan fingerprint density at radius 3 is 2.70 bits per heavy atom. The Bertz CT molecular complexity index is 1200. The summed E-state index contributed by atoms with van der Waals surface area (Å²) in [6, 6.07) is 15.2. The summed E-state index contributed by atoms with van der Waals surface area (Å²) in [4.78, 5) is 36.6. The summed E-state index contributed by atoms with van der Waals surface area (Å²) < 4.78 is 6.07. The van der Waals surface area contributed by atoms with Crippen LogP contribution in [0.4, 0.5) is 5.13 Å². The van der Waals surface area contributed by atoms with Gasteiger partial charge in [0.25, 0.3) is 5.91 Å². The topological polar surface area (TPSA) is 72.4 Å². The molecule has 30 heavy (non-hydrogen) atoms. The Morgan fingerprint density at radius 1 is 1.13 bits per heavy atom. The van der Waals surface area contributed by atoms with Gasteiger partial charge in [-0.3, -0.25) is 9.69 Å². The van der Waals surface area contributed by atoms with Gasteiger partial charge >= 0.3 is 5.97 Å². The van der Waals surface area contributed by atoms with Crippen LogP contribution in [0.3, 0.4) is 0 Å².